The van der Waals surface area contributed by atoms with Crippen LogP contribution >= 0.6 is 20.2 Å². The van der Waals surface area contributed by atoms with E-state index in [0.29, 0.717) is 0 Å². The molecule has 0 bridgehead atoms. The summed E-state index contributed by atoms with van der Waals surface area (Å²) in [4.78, 5) is 8.10. The number of halogens is 2. The molecular formula is C18H39Cl2CuN3. The third kappa shape index (κ3) is 14.2. The van der Waals surface area contributed by atoms with E-state index in [0.717, 1.165) is 13.1 Å². The standard InChI is InChI=1S/C18H39N3.2ClH.Cu/c1-4-7-10-19-13-15-20(11-8-5-2)17-18-21(16-14-19)12-9-6-3;;;/h4-18H2,1-3H3;2*1H;/q;;;+2/p-2. The van der Waals surface area contributed by atoms with E-state index >= 15 is 0 Å². The van der Waals surface area contributed by atoms with Gasteiger partial charge in [0.25, 0.3) is 0 Å². The van der Waals surface area contributed by atoms with Crippen LogP contribution < -0.4 is 0 Å². The van der Waals surface area contributed by atoms with E-state index < -0.39 is 0 Å². The molecular weight excluding hydrogens is 393 g/mol. The Kier molecular flexibility index (Phi) is 19.5. The monoisotopic (exact) mass is 430 g/mol. The number of hydrogen-bond donors (Lipinski definition) is 0. The van der Waals surface area contributed by atoms with Crippen molar-refractivity contribution in [2.75, 3.05) is 58.9 Å². The Morgan fingerprint density at radius 2 is 0.792 bits per heavy atom. The second-order valence-electron chi connectivity index (χ2n) is 6.63. The van der Waals surface area contributed by atoms with Crippen LogP contribution in [-0.2, 0) is 13.1 Å². The van der Waals surface area contributed by atoms with Gasteiger partial charge in [0.05, 0.1) is 0 Å². The van der Waals surface area contributed by atoms with Gasteiger partial charge >= 0.3 is 33.3 Å². The normalized spacial score (nSPS) is 18.5. The first-order chi connectivity index (χ1) is 11.7. The Hall–Kier alpha value is 0.979. The fourth-order valence-electron chi connectivity index (χ4n) is 3.00. The van der Waals surface area contributed by atoms with Crippen LogP contribution in [0.2, 0.25) is 0 Å². The molecule has 1 aliphatic rings. The Bertz CT molecular complexity index is 210. The van der Waals surface area contributed by atoms with Gasteiger partial charge in [0.2, 0.25) is 0 Å². The van der Waals surface area contributed by atoms with E-state index in [4.69, 9.17) is 0 Å². The first kappa shape index (κ1) is 25.0. The van der Waals surface area contributed by atoms with E-state index in [1.54, 1.807) is 0 Å². The predicted octanol–water partition coefficient (Wildman–Crippen LogP) is 4.68. The first-order valence-corrected chi connectivity index (χ1v) is 12.3. The van der Waals surface area contributed by atoms with Gasteiger partial charge in [-0.3, -0.25) is 0 Å². The SMILES string of the molecule is CCCCN1CCN(CCCC)CCN(CCCC)CC1.[Cl][Cu][Cl]. The molecule has 1 aliphatic heterocycles. The summed E-state index contributed by atoms with van der Waals surface area (Å²) >= 11 is 0.757. The van der Waals surface area contributed by atoms with E-state index in [1.807, 2.05) is 0 Å². The molecule has 0 spiro atoms. The topological polar surface area (TPSA) is 9.72 Å². The Labute approximate surface area is 166 Å². The molecule has 0 aromatic heterocycles. The van der Waals surface area contributed by atoms with Crippen LogP contribution in [0, 0.1) is 0 Å². The minimum absolute atomic E-state index is 0.757. The summed E-state index contributed by atoms with van der Waals surface area (Å²) in [6, 6.07) is 0. The van der Waals surface area contributed by atoms with Crippen molar-refractivity contribution in [1.29, 1.82) is 0 Å². The number of unbranched alkanes of at least 4 members (excludes halogenated alkanes) is 3. The average molecular weight is 432 g/mol. The molecule has 24 heavy (non-hydrogen) atoms. The third-order valence-electron chi connectivity index (χ3n) is 4.68. The average Bonchev–Trinajstić information content (AvgIpc) is 2.68. The van der Waals surface area contributed by atoms with E-state index in [-0.39, 0.29) is 0 Å². The van der Waals surface area contributed by atoms with Crippen LogP contribution in [0.15, 0.2) is 0 Å². The first-order valence-electron chi connectivity index (χ1n) is 9.70. The van der Waals surface area contributed by atoms with Crippen molar-refractivity contribution in [2.45, 2.75) is 59.3 Å². The van der Waals surface area contributed by atoms with Gasteiger partial charge in [-0.2, -0.15) is 0 Å². The van der Waals surface area contributed by atoms with Gasteiger partial charge in [-0.15, -0.1) is 0 Å². The molecule has 0 aromatic carbocycles. The summed E-state index contributed by atoms with van der Waals surface area (Å²) in [6.07, 6.45) is 8.00. The van der Waals surface area contributed by atoms with Crippen LogP contribution in [0.25, 0.3) is 0 Å². The second kappa shape index (κ2) is 18.8. The van der Waals surface area contributed by atoms with Gasteiger partial charge in [0, 0.05) is 39.3 Å². The fourth-order valence-corrected chi connectivity index (χ4v) is 3.00. The van der Waals surface area contributed by atoms with Crippen molar-refractivity contribution in [3.63, 3.8) is 0 Å². The summed E-state index contributed by atoms with van der Waals surface area (Å²) < 4.78 is 0. The summed E-state index contributed by atoms with van der Waals surface area (Å²) in [6.45, 7) is 18.4. The summed E-state index contributed by atoms with van der Waals surface area (Å²) in [5.74, 6) is 0. The van der Waals surface area contributed by atoms with E-state index in [2.05, 4.69) is 55.7 Å². The summed E-state index contributed by atoms with van der Waals surface area (Å²) in [5, 5.41) is 0. The van der Waals surface area contributed by atoms with Gasteiger partial charge in [0.15, 0.2) is 0 Å². The van der Waals surface area contributed by atoms with Crippen molar-refractivity contribution in [3.05, 3.63) is 0 Å². The van der Waals surface area contributed by atoms with Crippen LogP contribution in [0.4, 0.5) is 0 Å². The van der Waals surface area contributed by atoms with E-state index in [9.17, 15) is 0 Å². The van der Waals surface area contributed by atoms with Crippen molar-refractivity contribution >= 4 is 20.2 Å². The molecule has 0 saturated carbocycles. The zero-order valence-corrected chi connectivity index (χ0v) is 18.5. The molecule has 0 N–H and O–H groups in total. The van der Waals surface area contributed by atoms with Crippen molar-refractivity contribution in [1.82, 2.24) is 14.7 Å². The molecule has 1 saturated heterocycles. The van der Waals surface area contributed by atoms with Gasteiger partial charge in [-0.05, 0) is 38.9 Å². The third-order valence-corrected chi connectivity index (χ3v) is 4.68. The Balaban J connectivity index is 0.00000163. The molecule has 6 heteroatoms. The Morgan fingerprint density at radius 3 is 0.958 bits per heavy atom. The molecule has 1 fully saturated rings. The molecule has 1 rings (SSSR count). The molecule has 1 heterocycles. The number of rotatable bonds is 9. The van der Waals surface area contributed by atoms with Crippen LogP contribution in [-0.4, -0.2) is 73.6 Å². The summed E-state index contributed by atoms with van der Waals surface area (Å²) in [7, 11) is 9.34. The maximum atomic E-state index is 4.67. The predicted molar refractivity (Wildman–Crippen MR) is 106 cm³/mol. The molecule has 0 radical (unpaired) electrons. The maximum absolute atomic E-state index is 4.67. The van der Waals surface area contributed by atoms with Crippen LogP contribution in [0.3, 0.4) is 0 Å². The molecule has 0 aromatic rings. The quantitative estimate of drug-likeness (QED) is 0.491. The Morgan fingerprint density at radius 1 is 0.583 bits per heavy atom. The molecule has 0 unspecified atom stereocenters. The second-order valence-corrected chi connectivity index (χ2v) is 8.18. The van der Waals surface area contributed by atoms with E-state index in [1.165, 1.54) is 97.4 Å². The van der Waals surface area contributed by atoms with Gasteiger partial charge in [-0.25, -0.2) is 0 Å². The number of nitrogens with zero attached hydrogens (tertiary/aromatic N) is 3. The number of hydrogen-bond acceptors (Lipinski definition) is 3. The summed E-state index contributed by atoms with van der Waals surface area (Å²) in [5.41, 5.74) is 0. The van der Waals surface area contributed by atoms with Gasteiger partial charge in [0.1, 0.15) is 0 Å². The molecule has 3 nitrogen and oxygen atoms in total. The molecule has 0 amide bonds. The van der Waals surface area contributed by atoms with Crippen LogP contribution in [0.1, 0.15) is 59.3 Å². The van der Waals surface area contributed by atoms with Crippen molar-refractivity contribution in [3.8, 4) is 0 Å². The fraction of sp³-hybridized carbons (Fsp3) is 1.00. The molecule has 151 valence electrons. The van der Waals surface area contributed by atoms with Crippen molar-refractivity contribution in [2.24, 2.45) is 0 Å². The van der Waals surface area contributed by atoms with Gasteiger partial charge < -0.3 is 14.7 Å². The van der Waals surface area contributed by atoms with Gasteiger partial charge in [-0.1, -0.05) is 40.0 Å². The molecule has 0 atom stereocenters. The molecule has 0 aliphatic carbocycles. The minimum atomic E-state index is 0.757. The van der Waals surface area contributed by atoms with Crippen molar-refractivity contribution < 1.29 is 13.1 Å². The zero-order valence-electron chi connectivity index (χ0n) is 16.0. The zero-order chi connectivity index (χ0) is 18.0. The van der Waals surface area contributed by atoms with Crippen LogP contribution in [0.5, 0.6) is 0 Å².